The fourth-order valence-corrected chi connectivity index (χ4v) is 2.76. The first-order chi connectivity index (χ1) is 9.04. The minimum atomic E-state index is -1.08. The van der Waals surface area contributed by atoms with Gasteiger partial charge >= 0.3 is 12.0 Å². The molecule has 0 saturated carbocycles. The third-order valence-electron chi connectivity index (χ3n) is 4.15. The Bertz CT molecular complexity index is 355. The van der Waals surface area contributed by atoms with Gasteiger partial charge in [0.15, 0.2) is 0 Å². The van der Waals surface area contributed by atoms with E-state index in [0.717, 1.165) is 25.7 Å². The van der Waals surface area contributed by atoms with E-state index in [1.54, 1.807) is 6.92 Å². The van der Waals surface area contributed by atoms with Gasteiger partial charge in [-0.25, -0.2) is 9.59 Å². The molecular weight excluding hydrogens is 248 g/mol. The van der Waals surface area contributed by atoms with Crippen LogP contribution in [0.4, 0.5) is 4.79 Å². The second-order valence-corrected chi connectivity index (χ2v) is 5.52. The Morgan fingerprint density at radius 2 is 2.00 bits per heavy atom. The fraction of sp³-hybridized carbons (Fsp3) is 0.846. The topological polar surface area (TPSA) is 78.9 Å². The summed E-state index contributed by atoms with van der Waals surface area (Å²) < 4.78 is 5.25. The number of nitrogens with one attached hydrogen (secondary N) is 1. The number of carboxylic acids is 1. The SMILES string of the molecule is CC1(C(=O)O)CCCCN1C(=O)NC1CCOCC1. The summed E-state index contributed by atoms with van der Waals surface area (Å²) in [6, 6.07) is -0.155. The van der Waals surface area contributed by atoms with E-state index in [1.165, 1.54) is 4.90 Å². The van der Waals surface area contributed by atoms with Crippen molar-refractivity contribution >= 4 is 12.0 Å². The molecule has 0 radical (unpaired) electrons. The van der Waals surface area contributed by atoms with Crippen LogP contribution >= 0.6 is 0 Å². The molecule has 0 aliphatic carbocycles. The second-order valence-electron chi connectivity index (χ2n) is 5.52. The van der Waals surface area contributed by atoms with Crippen molar-refractivity contribution in [3.63, 3.8) is 0 Å². The molecule has 2 fully saturated rings. The van der Waals surface area contributed by atoms with E-state index in [1.807, 2.05) is 0 Å². The Labute approximate surface area is 113 Å². The zero-order valence-corrected chi connectivity index (χ0v) is 11.4. The molecule has 0 aromatic heterocycles. The van der Waals surface area contributed by atoms with Crippen molar-refractivity contribution in [2.45, 2.75) is 50.6 Å². The summed E-state index contributed by atoms with van der Waals surface area (Å²) in [6.07, 6.45) is 3.82. The van der Waals surface area contributed by atoms with Crippen LogP contribution < -0.4 is 5.32 Å². The first kappa shape index (κ1) is 14.1. The molecule has 2 saturated heterocycles. The molecular formula is C13H22N2O4. The number of aliphatic carboxylic acids is 1. The van der Waals surface area contributed by atoms with Gasteiger partial charge in [0.2, 0.25) is 0 Å². The van der Waals surface area contributed by atoms with Gasteiger partial charge in [-0.15, -0.1) is 0 Å². The number of hydrogen-bond acceptors (Lipinski definition) is 3. The highest BCUT2D eigenvalue weighted by atomic mass is 16.5. The molecule has 6 heteroatoms. The molecule has 2 rings (SSSR count). The van der Waals surface area contributed by atoms with Gasteiger partial charge in [-0.2, -0.15) is 0 Å². The van der Waals surface area contributed by atoms with Crippen molar-refractivity contribution in [3.05, 3.63) is 0 Å². The smallest absolute Gasteiger partial charge is 0.329 e. The molecule has 1 atom stereocenters. The van der Waals surface area contributed by atoms with Gasteiger partial charge in [0.25, 0.3) is 0 Å². The van der Waals surface area contributed by atoms with Crippen LogP contribution in [0.5, 0.6) is 0 Å². The second kappa shape index (κ2) is 5.77. The van der Waals surface area contributed by atoms with Gasteiger partial charge < -0.3 is 20.1 Å². The molecule has 2 heterocycles. The maximum Gasteiger partial charge on any atom is 0.329 e. The van der Waals surface area contributed by atoms with Gasteiger partial charge in [0.1, 0.15) is 5.54 Å². The lowest BCUT2D eigenvalue weighted by Crippen LogP contribution is -2.61. The normalized spacial score (nSPS) is 29.0. The number of ether oxygens (including phenoxy) is 1. The zero-order chi connectivity index (χ0) is 13.9. The van der Waals surface area contributed by atoms with E-state index in [9.17, 15) is 14.7 Å². The summed E-state index contributed by atoms with van der Waals surface area (Å²) in [5, 5.41) is 12.3. The van der Waals surface area contributed by atoms with E-state index in [4.69, 9.17) is 4.74 Å². The van der Waals surface area contributed by atoms with Gasteiger partial charge in [-0.05, 0) is 39.0 Å². The van der Waals surface area contributed by atoms with E-state index in [-0.39, 0.29) is 12.1 Å². The Morgan fingerprint density at radius 3 is 2.63 bits per heavy atom. The van der Waals surface area contributed by atoms with Crippen molar-refractivity contribution in [1.82, 2.24) is 10.2 Å². The predicted octanol–water partition coefficient (Wildman–Crippen LogP) is 1.20. The number of likely N-dealkylation sites (tertiary alicyclic amines) is 1. The molecule has 2 aliphatic rings. The third-order valence-corrected chi connectivity index (χ3v) is 4.15. The van der Waals surface area contributed by atoms with Gasteiger partial charge in [0, 0.05) is 25.8 Å². The maximum atomic E-state index is 12.3. The average Bonchev–Trinajstić information content (AvgIpc) is 2.40. The van der Waals surface area contributed by atoms with Crippen LogP contribution in [0, 0.1) is 0 Å². The van der Waals surface area contributed by atoms with Gasteiger partial charge in [0.05, 0.1) is 0 Å². The van der Waals surface area contributed by atoms with Crippen molar-refractivity contribution < 1.29 is 19.4 Å². The van der Waals surface area contributed by atoms with Crippen LogP contribution in [0.3, 0.4) is 0 Å². The summed E-state index contributed by atoms with van der Waals surface area (Å²) in [5.74, 6) is -0.922. The molecule has 108 valence electrons. The summed E-state index contributed by atoms with van der Waals surface area (Å²) in [7, 11) is 0. The molecule has 0 aromatic rings. The van der Waals surface area contributed by atoms with Gasteiger partial charge in [-0.3, -0.25) is 0 Å². The van der Waals surface area contributed by atoms with Crippen LogP contribution in [0.25, 0.3) is 0 Å². The van der Waals surface area contributed by atoms with E-state index >= 15 is 0 Å². The molecule has 0 bridgehead atoms. The standard InChI is InChI=1S/C13H22N2O4/c1-13(11(16)17)6-2-3-7-15(13)12(18)14-10-4-8-19-9-5-10/h10H,2-9H2,1H3,(H,14,18)(H,16,17). The molecule has 19 heavy (non-hydrogen) atoms. The zero-order valence-electron chi connectivity index (χ0n) is 11.4. The Morgan fingerprint density at radius 1 is 1.32 bits per heavy atom. The number of hydrogen-bond donors (Lipinski definition) is 2. The van der Waals surface area contributed by atoms with E-state index in [0.29, 0.717) is 26.2 Å². The minimum Gasteiger partial charge on any atom is -0.480 e. The highest BCUT2D eigenvalue weighted by Crippen LogP contribution is 2.28. The Balaban J connectivity index is 2.01. The lowest BCUT2D eigenvalue weighted by Gasteiger charge is -2.42. The molecule has 6 nitrogen and oxygen atoms in total. The number of nitrogens with zero attached hydrogens (tertiary/aromatic N) is 1. The molecule has 1 unspecified atom stereocenters. The fourth-order valence-electron chi connectivity index (χ4n) is 2.76. The average molecular weight is 270 g/mol. The van der Waals surface area contributed by atoms with Crippen molar-refractivity contribution in [3.8, 4) is 0 Å². The molecule has 2 N–H and O–H groups in total. The Kier molecular flexibility index (Phi) is 4.29. The van der Waals surface area contributed by atoms with Gasteiger partial charge in [-0.1, -0.05) is 0 Å². The quantitative estimate of drug-likeness (QED) is 0.790. The van der Waals surface area contributed by atoms with Crippen LogP contribution in [0.15, 0.2) is 0 Å². The summed E-state index contributed by atoms with van der Waals surface area (Å²) in [5.41, 5.74) is -1.08. The maximum absolute atomic E-state index is 12.3. The predicted molar refractivity (Wildman–Crippen MR) is 69.0 cm³/mol. The molecule has 2 aliphatic heterocycles. The minimum absolute atomic E-state index is 0.0984. The number of piperidine rings is 1. The van der Waals surface area contributed by atoms with E-state index < -0.39 is 11.5 Å². The number of rotatable bonds is 2. The van der Waals surface area contributed by atoms with E-state index in [2.05, 4.69) is 5.32 Å². The first-order valence-corrected chi connectivity index (χ1v) is 6.93. The van der Waals surface area contributed by atoms with Crippen molar-refractivity contribution in [2.75, 3.05) is 19.8 Å². The third kappa shape index (κ3) is 3.00. The van der Waals surface area contributed by atoms with Crippen LogP contribution in [-0.4, -0.2) is 53.3 Å². The van der Waals surface area contributed by atoms with Crippen LogP contribution in [0.2, 0.25) is 0 Å². The summed E-state index contributed by atoms with van der Waals surface area (Å²) in [6.45, 7) is 3.46. The largest absolute Gasteiger partial charge is 0.480 e. The van der Waals surface area contributed by atoms with Crippen LogP contribution in [-0.2, 0) is 9.53 Å². The number of carboxylic acid groups (broad SMARTS) is 1. The molecule has 2 amide bonds. The molecule has 0 spiro atoms. The van der Waals surface area contributed by atoms with Crippen molar-refractivity contribution in [2.24, 2.45) is 0 Å². The lowest BCUT2D eigenvalue weighted by molar-refractivity contribution is -0.150. The van der Waals surface area contributed by atoms with Crippen molar-refractivity contribution in [1.29, 1.82) is 0 Å². The lowest BCUT2D eigenvalue weighted by atomic mass is 9.89. The number of amides is 2. The number of carbonyl (C=O) groups excluding carboxylic acids is 1. The molecule has 0 aromatic carbocycles. The summed E-state index contributed by atoms with van der Waals surface area (Å²) in [4.78, 5) is 25.2. The Hall–Kier alpha value is -1.30. The number of carbonyl (C=O) groups is 2. The highest BCUT2D eigenvalue weighted by molar-refractivity contribution is 5.86. The monoisotopic (exact) mass is 270 g/mol. The summed E-state index contributed by atoms with van der Waals surface area (Å²) >= 11 is 0. The number of urea groups is 1. The first-order valence-electron chi connectivity index (χ1n) is 6.93. The highest BCUT2D eigenvalue weighted by Gasteiger charge is 2.44. The van der Waals surface area contributed by atoms with Crippen LogP contribution in [0.1, 0.15) is 39.0 Å².